The molecule has 0 amide bonds. The number of aromatic nitrogens is 2. The first-order valence-corrected chi connectivity index (χ1v) is 5.32. The molecule has 14 heavy (non-hydrogen) atoms. The van der Waals surface area contributed by atoms with Gasteiger partial charge < -0.3 is 5.73 Å². The fourth-order valence-electron chi connectivity index (χ4n) is 1.43. The fourth-order valence-corrected chi connectivity index (χ4v) is 2.26. The van der Waals surface area contributed by atoms with Gasteiger partial charge in [0.15, 0.2) is 0 Å². The van der Waals surface area contributed by atoms with Gasteiger partial charge >= 0.3 is 0 Å². The van der Waals surface area contributed by atoms with Crippen LogP contribution in [0, 0.1) is 0 Å². The molecule has 0 saturated carbocycles. The number of fused-ring (bicyclic) bond motifs is 1. The average Bonchev–Trinajstić information content (AvgIpc) is 2.43. The number of hydrogen-bond acceptors (Lipinski definition) is 2. The Kier molecular flexibility index (Phi) is 2.23. The maximum Gasteiger partial charge on any atom is 0.112 e. The van der Waals surface area contributed by atoms with Crippen LogP contribution >= 0.6 is 15.9 Å². The molecule has 0 fully saturated rings. The summed E-state index contributed by atoms with van der Waals surface area (Å²) in [6.07, 6.45) is 0. The van der Waals surface area contributed by atoms with Gasteiger partial charge in [-0.05, 0) is 48.0 Å². The van der Waals surface area contributed by atoms with Crippen molar-refractivity contribution in [1.29, 1.82) is 0 Å². The van der Waals surface area contributed by atoms with E-state index in [1.165, 1.54) is 0 Å². The molecule has 0 bridgehead atoms. The van der Waals surface area contributed by atoms with Crippen molar-refractivity contribution in [2.75, 3.05) is 5.73 Å². The molecule has 0 radical (unpaired) electrons. The number of halogens is 1. The number of hydrogen-bond donors (Lipinski definition) is 1. The van der Waals surface area contributed by atoms with Gasteiger partial charge in [0.1, 0.15) is 4.60 Å². The SMILES string of the molecule is CC(C)n1nc2cc(N)ccc2c1Br. The quantitative estimate of drug-likeness (QED) is 0.795. The molecule has 2 N–H and O–H groups in total. The van der Waals surface area contributed by atoms with Crippen LogP contribution in [0.3, 0.4) is 0 Å². The summed E-state index contributed by atoms with van der Waals surface area (Å²) in [5, 5.41) is 5.57. The fraction of sp³-hybridized carbons (Fsp3) is 0.300. The number of nitrogen functional groups attached to an aromatic ring is 1. The van der Waals surface area contributed by atoms with Gasteiger partial charge in [0.25, 0.3) is 0 Å². The Bertz CT molecular complexity index is 473. The largest absolute Gasteiger partial charge is 0.399 e. The highest BCUT2D eigenvalue weighted by molar-refractivity contribution is 9.10. The minimum atomic E-state index is 0.345. The molecule has 0 unspecified atom stereocenters. The summed E-state index contributed by atoms with van der Waals surface area (Å²) in [7, 11) is 0. The molecular formula is C10H12BrN3. The maximum absolute atomic E-state index is 5.69. The van der Waals surface area contributed by atoms with Gasteiger partial charge in [-0.2, -0.15) is 5.10 Å². The molecule has 2 rings (SSSR count). The minimum Gasteiger partial charge on any atom is -0.399 e. The number of benzene rings is 1. The second-order valence-electron chi connectivity index (χ2n) is 3.61. The Balaban J connectivity index is 2.73. The maximum atomic E-state index is 5.69. The lowest BCUT2D eigenvalue weighted by atomic mass is 10.2. The van der Waals surface area contributed by atoms with Crippen molar-refractivity contribution >= 4 is 32.5 Å². The summed E-state index contributed by atoms with van der Waals surface area (Å²) in [4.78, 5) is 0. The second-order valence-corrected chi connectivity index (χ2v) is 4.36. The van der Waals surface area contributed by atoms with E-state index in [1.807, 2.05) is 22.9 Å². The smallest absolute Gasteiger partial charge is 0.112 e. The highest BCUT2D eigenvalue weighted by atomic mass is 79.9. The molecule has 1 heterocycles. The van der Waals surface area contributed by atoms with E-state index in [1.54, 1.807) is 0 Å². The zero-order valence-electron chi connectivity index (χ0n) is 8.16. The van der Waals surface area contributed by atoms with E-state index in [4.69, 9.17) is 5.73 Å². The molecule has 0 aliphatic heterocycles. The number of nitrogens with zero attached hydrogens (tertiary/aromatic N) is 2. The van der Waals surface area contributed by atoms with Crippen LogP contribution in [0.1, 0.15) is 19.9 Å². The third kappa shape index (κ3) is 1.39. The summed E-state index contributed by atoms with van der Waals surface area (Å²) in [5.74, 6) is 0. The number of anilines is 1. The Morgan fingerprint density at radius 2 is 2.14 bits per heavy atom. The van der Waals surface area contributed by atoms with Crippen molar-refractivity contribution < 1.29 is 0 Å². The molecule has 0 atom stereocenters. The topological polar surface area (TPSA) is 43.8 Å². The summed E-state index contributed by atoms with van der Waals surface area (Å²) >= 11 is 3.54. The first-order chi connectivity index (χ1) is 6.59. The third-order valence-electron chi connectivity index (χ3n) is 2.15. The standard InChI is InChI=1S/C10H12BrN3/c1-6(2)14-10(11)8-4-3-7(12)5-9(8)13-14/h3-6H,12H2,1-2H3. The van der Waals surface area contributed by atoms with Crippen molar-refractivity contribution in [3.05, 3.63) is 22.8 Å². The van der Waals surface area contributed by atoms with Crippen LogP contribution in [0.5, 0.6) is 0 Å². The highest BCUT2D eigenvalue weighted by Gasteiger charge is 2.10. The molecule has 4 heteroatoms. The van der Waals surface area contributed by atoms with Gasteiger partial charge in [-0.15, -0.1) is 0 Å². The zero-order chi connectivity index (χ0) is 10.3. The Hall–Kier alpha value is -1.03. The highest BCUT2D eigenvalue weighted by Crippen LogP contribution is 2.27. The molecule has 0 spiro atoms. The monoisotopic (exact) mass is 253 g/mol. The summed E-state index contributed by atoms with van der Waals surface area (Å²) in [6.45, 7) is 4.19. The minimum absolute atomic E-state index is 0.345. The van der Waals surface area contributed by atoms with Crippen molar-refractivity contribution in [3.8, 4) is 0 Å². The molecule has 2 aromatic rings. The molecule has 74 valence electrons. The van der Waals surface area contributed by atoms with Crippen molar-refractivity contribution in [2.24, 2.45) is 0 Å². The van der Waals surface area contributed by atoms with Crippen LogP contribution in [-0.4, -0.2) is 9.78 Å². The average molecular weight is 254 g/mol. The van der Waals surface area contributed by atoms with Crippen LogP contribution in [0.2, 0.25) is 0 Å². The lowest BCUT2D eigenvalue weighted by Crippen LogP contribution is -2.02. The second kappa shape index (κ2) is 3.28. The van der Waals surface area contributed by atoms with Gasteiger partial charge in [0, 0.05) is 17.1 Å². The van der Waals surface area contributed by atoms with Crippen LogP contribution in [0.25, 0.3) is 10.9 Å². The van der Waals surface area contributed by atoms with E-state index in [0.717, 1.165) is 21.2 Å². The van der Waals surface area contributed by atoms with Gasteiger partial charge in [0.2, 0.25) is 0 Å². The first-order valence-electron chi connectivity index (χ1n) is 4.53. The lowest BCUT2D eigenvalue weighted by molar-refractivity contribution is 0.527. The zero-order valence-corrected chi connectivity index (χ0v) is 9.75. The predicted molar refractivity (Wildman–Crippen MR) is 62.2 cm³/mol. The lowest BCUT2D eigenvalue weighted by Gasteiger charge is -2.05. The van der Waals surface area contributed by atoms with Crippen molar-refractivity contribution in [2.45, 2.75) is 19.9 Å². The predicted octanol–water partition coefficient (Wildman–Crippen LogP) is 2.96. The Morgan fingerprint density at radius 3 is 2.79 bits per heavy atom. The van der Waals surface area contributed by atoms with Gasteiger partial charge in [-0.3, -0.25) is 4.68 Å². The van der Waals surface area contributed by atoms with E-state index in [9.17, 15) is 0 Å². The molecule has 1 aromatic heterocycles. The van der Waals surface area contributed by atoms with Crippen LogP contribution in [-0.2, 0) is 0 Å². The van der Waals surface area contributed by atoms with Crippen molar-refractivity contribution in [1.82, 2.24) is 9.78 Å². The normalized spacial score (nSPS) is 11.4. The van der Waals surface area contributed by atoms with E-state index in [2.05, 4.69) is 34.9 Å². The molecular weight excluding hydrogens is 242 g/mol. The van der Waals surface area contributed by atoms with Crippen LogP contribution in [0.4, 0.5) is 5.69 Å². The molecule has 0 saturated heterocycles. The number of nitrogens with two attached hydrogens (primary N) is 1. The molecule has 0 aliphatic rings. The Morgan fingerprint density at radius 1 is 1.43 bits per heavy atom. The first kappa shape index (κ1) is 9.52. The number of rotatable bonds is 1. The van der Waals surface area contributed by atoms with Crippen molar-refractivity contribution in [3.63, 3.8) is 0 Å². The summed E-state index contributed by atoms with van der Waals surface area (Å²) in [5.41, 5.74) is 7.38. The van der Waals surface area contributed by atoms with E-state index < -0.39 is 0 Å². The van der Waals surface area contributed by atoms with Gasteiger partial charge in [0.05, 0.1) is 5.52 Å². The van der Waals surface area contributed by atoms with Gasteiger partial charge in [-0.25, -0.2) is 0 Å². The summed E-state index contributed by atoms with van der Waals surface area (Å²) in [6, 6.07) is 6.11. The van der Waals surface area contributed by atoms with Crippen LogP contribution < -0.4 is 5.73 Å². The molecule has 0 aliphatic carbocycles. The molecule has 1 aromatic carbocycles. The van der Waals surface area contributed by atoms with E-state index in [-0.39, 0.29) is 0 Å². The third-order valence-corrected chi connectivity index (χ3v) is 2.94. The van der Waals surface area contributed by atoms with E-state index >= 15 is 0 Å². The Labute approximate surface area is 91.0 Å². The summed E-state index contributed by atoms with van der Waals surface area (Å²) < 4.78 is 2.96. The van der Waals surface area contributed by atoms with E-state index in [0.29, 0.717) is 6.04 Å². The molecule has 3 nitrogen and oxygen atoms in total. The van der Waals surface area contributed by atoms with Gasteiger partial charge in [-0.1, -0.05) is 0 Å². The van der Waals surface area contributed by atoms with Crippen LogP contribution in [0.15, 0.2) is 22.8 Å².